The molecule has 3 atom stereocenters. The maximum Gasteiger partial charge on any atom is 0.0757 e. The molecule has 0 radical (unpaired) electrons. The Kier molecular flexibility index (Phi) is 4.53. The van der Waals surface area contributed by atoms with Crippen molar-refractivity contribution in [3.05, 3.63) is 0 Å². The lowest BCUT2D eigenvalue weighted by molar-refractivity contribution is 0.0266. The number of ether oxygens (including phenoxy) is 1. The van der Waals surface area contributed by atoms with E-state index in [0.717, 1.165) is 6.61 Å². The van der Waals surface area contributed by atoms with Crippen LogP contribution in [0.2, 0.25) is 0 Å². The van der Waals surface area contributed by atoms with Crippen LogP contribution in [-0.2, 0) is 4.74 Å². The molecule has 0 amide bonds. The van der Waals surface area contributed by atoms with Crippen LogP contribution in [0.4, 0.5) is 0 Å². The molecule has 0 heterocycles. The van der Waals surface area contributed by atoms with E-state index in [2.05, 4.69) is 16.2 Å². The van der Waals surface area contributed by atoms with E-state index in [-0.39, 0.29) is 11.4 Å². The van der Waals surface area contributed by atoms with E-state index >= 15 is 0 Å². The summed E-state index contributed by atoms with van der Waals surface area (Å²) in [6, 6.07) is 0.211. The lowest BCUT2D eigenvalue weighted by Crippen LogP contribution is -2.30. The van der Waals surface area contributed by atoms with Gasteiger partial charge in [0.25, 0.3) is 0 Å². The van der Waals surface area contributed by atoms with Gasteiger partial charge in [-0.3, -0.25) is 0 Å². The van der Waals surface area contributed by atoms with Crippen molar-refractivity contribution in [2.45, 2.75) is 39.1 Å². The van der Waals surface area contributed by atoms with Gasteiger partial charge in [0.2, 0.25) is 0 Å². The quantitative estimate of drug-likeness (QED) is 0.662. The summed E-state index contributed by atoms with van der Waals surface area (Å²) < 4.78 is 5.54. The third-order valence-electron chi connectivity index (χ3n) is 1.62. The maximum atomic E-state index is 5.68. The van der Waals surface area contributed by atoms with Gasteiger partial charge in [-0.1, -0.05) is 6.92 Å². The van der Waals surface area contributed by atoms with Gasteiger partial charge in [0.05, 0.1) is 11.9 Å². The van der Waals surface area contributed by atoms with Gasteiger partial charge in [0.1, 0.15) is 0 Å². The van der Waals surface area contributed by atoms with Gasteiger partial charge in [-0.2, -0.15) is 0 Å². The van der Waals surface area contributed by atoms with Gasteiger partial charge in [0.15, 0.2) is 0 Å². The summed E-state index contributed by atoms with van der Waals surface area (Å²) in [6.45, 7) is 8.87. The van der Waals surface area contributed by atoms with E-state index in [0.29, 0.717) is 5.92 Å². The summed E-state index contributed by atoms with van der Waals surface area (Å²) in [5, 5.41) is -0.122. The Morgan fingerprint density at radius 3 is 2.18 bits per heavy atom. The zero-order valence-corrected chi connectivity index (χ0v) is 9.08. The van der Waals surface area contributed by atoms with Crippen LogP contribution in [0.1, 0.15) is 27.7 Å². The van der Waals surface area contributed by atoms with Crippen LogP contribution in [0.3, 0.4) is 0 Å². The molecule has 0 bridgehead atoms. The van der Waals surface area contributed by atoms with Crippen LogP contribution in [-0.4, -0.2) is 18.0 Å². The average Bonchev–Trinajstić information content (AvgIpc) is 1.80. The first kappa shape index (κ1) is 11.4. The Bertz CT molecular complexity index is 109. The highest BCUT2D eigenvalue weighted by Crippen LogP contribution is 2.19. The van der Waals surface area contributed by atoms with Gasteiger partial charge < -0.3 is 10.5 Å². The molecule has 2 nitrogen and oxygen atoms in total. The number of hydrogen-bond acceptors (Lipinski definition) is 2. The Morgan fingerprint density at radius 1 is 1.45 bits per heavy atom. The molecule has 0 aromatic rings. The summed E-state index contributed by atoms with van der Waals surface area (Å²) in [4.78, 5) is 0. The van der Waals surface area contributed by atoms with Crippen molar-refractivity contribution >= 4 is 9.24 Å². The van der Waals surface area contributed by atoms with Crippen molar-refractivity contribution in [1.82, 2.24) is 0 Å². The minimum absolute atomic E-state index is 0.122. The fourth-order valence-electron chi connectivity index (χ4n) is 0.498. The van der Waals surface area contributed by atoms with E-state index in [9.17, 15) is 0 Å². The molecule has 0 aliphatic carbocycles. The molecule has 0 aromatic carbocycles. The molecular formula is C8H20NOP. The predicted molar refractivity (Wildman–Crippen MR) is 52.6 cm³/mol. The van der Waals surface area contributed by atoms with E-state index in [1.807, 2.05) is 20.8 Å². The van der Waals surface area contributed by atoms with Crippen LogP contribution in [0.25, 0.3) is 0 Å². The molecule has 0 rings (SSSR count). The molecular weight excluding hydrogens is 157 g/mol. The first-order valence-corrected chi connectivity index (χ1v) is 4.59. The zero-order chi connectivity index (χ0) is 9.07. The minimum Gasteiger partial charge on any atom is -0.371 e. The largest absolute Gasteiger partial charge is 0.371 e. The molecule has 0 spiro atoms. The highest BCUT2D eigenvalue weighted by Gasteiger charge is 2.14. The van der Waals surface area contributed by atoms with Gasteiger partial charge in [-0.25, -0.2) is 0 Å². The third-order valence-corrected chi connectivity index (χ3v) is 1.78. The molecule has 68 valence electrons. The molecule has 0 aromatic heterocycles. The highest BCUT2D eigenvalue weighted by molar-refractivity contribution is 7.18. The second-order valence-electron chi connectivity index (χ2n) is 3.75. The van der Waals surface area contributed by atoms with Gasteiger partial charge in [-0.15, -0.1) is 9.24 Å². The second kappa shape index (κ2) is 4.39. The molecule has 0 fully saturated rings. The number of rotatable bonds is 4. The fraction of sp³-hybridized carbons (Fsp3) is 1.00. The minimum atomic E-state index is -0.122. The number of nitrogens with two attached hydrogens (primary N) is 1. The average molecular weight is 177 g/mol. The van der Waals surface area contributed by atoms with Gasteiger partial charge >= 0.3 is 0 Å². The lowest BCUT2D eigenvalue weighted by atomic mass is 10.1. The van der Waals surface area contributed by atoms with Gasteiger partial charge in [-0.05, 0) is 26.7 Å². The van der Waals surface area contributed by atoms with Crippen LogP contribution < -0.4 is 5.73 Å². The summed E-state index contributed by atoms with van der Waals surface area (Å²) in [5.41, 5.74) is 5.68. The topological polar surface area (TPSA) is 35.2 Å². The summed E-state index contributed by atoms with van der Waals surface area (Å²) in [5.74, 6) is 0.426. The van der Waals surface area contributed by atoms with E-state index in [4.69, 9.17) is 10.5 Å². The summed E-state index contributed by atoms with van der Waals surface area (Å²) >= 11 is 0. The maximum absolute atomic E-state index is 5.68. The summed E-state index contributed by atoms with van der Waals surface area (Å²) in [6.07, 6.45) is 0. The van der Waals surface area contributed by atoms with E-state index in [1.165, 1.54) is 0 Å². The lowest BCUT2D eigenvalue weighted by Gasteiger charge is -2.23. The first-order valence-electron chi connectivity index (χ1n) is 4.01. The highest BCUT2D eigenvalue weighted by atomic mass is 31.0. The SMILES string of the molecule is CC(N)C(C)COC(C)(C)P. The molecule has 0 aliphatic heterocycles. The standard InChI is InChI=1S/C8H20NOP/c1-6(7(2)9)5-10-8(3,4)11/h6-7H,5,9,11H2,1-4H3. The van der Waals surface area contributed by atoms with Crippen molar-refractivity contribution < 1.29 is 4.74 Å². The third kappa shape index (κ3) is 6.74. The number of hydrogen-bond donors (Lipinski definition) is 1. The Hall–Kier alpha value is 0.350. The normalized spacial score (nSPS) is 18.0. The van der Waals surface area contributed by atoms with Gasteiger partial charge in [0, 0.05) is 6.04 Å². The monoisotopic (exact) mass is 177 g/mol. The first-order chi connectivity index (χ1) is 4.83. The molecule has 11 heavy (non-hydrogen) atoms. The van der Waals surface area contributed by atoms with Crippen molar-refractivity contribution in [3.8, 4) is 0 Å². The fourth-order valence-corrected chi connectivity index (χ4v) is 0.594. The van der Waals surface area contributed by atoms with Crippen LogP contribution in [0.5, 0.6) is 0 Å². The Morgan fingerprint density at radius 2 is 1.91 bits per heavy atom. The molecule has 3 unspecified atom stereocenters. The predicted octanol–water partition coefficient (Wildman–Crippen LogP) is 1.60. The van der Waals surface area contributed by atoms with Crippen LogP contribution in [0.15, 0.2) is 0 Å². The van der Waals surface area contributed by atoms with Crippen LogP contribution >= 0.6 is 9.24 Å². The van der Waals surface area contributed by atoms with Crippen molar-refractivity contribution in [3.63, 3.8) is 0 Å². The molecule has 2 N–H and O–H groups in total. The smallest absolute Gasteiger partial charge is 0.0757 e. The zero-order valence-electron chi connectivity index (χ0n) is 7.92. The second-order valence-corrected chi connectivity index (χ2v) is 5.14. The van der Waals surface area contributed by atoms with Crippen molar-refractivity contribution in [1.29, 1.82) is 0 Å². The molecule has 0 saturated carbocycles. The van der Waals surface area contributed by atoms with Crippen molar-refractivity contribution in [2.75, 3.05) is 6.61 Å². The Labute approximate surface area is 72.1 Å². The van der Waals surface area contributed by atoms with E-state index < -0.39 is 0 Å². The van der Waals surface area contributed by atoms with Crippen LogP contribution in [0, 0.1) is 5.92 Å². The van der Waals surface area contributed by atoms with E-state index in [1.54, 1.807) is 0 Å². The Balaban J connectivity index is 3.54. The molecule has 3 heteroatoms. The van der Waals surface area contributed by atoms with Crippen molar-refractivity contribution in [2.24, 2.45) is 11.7 Å². The molecule has 0 aliphatic rings. The summed E-state index contributed by atoms with van der Waals surface area (Å²) in [7, 11) is 2.65. The molecule has 0 saturated heterocycles.